The highest BCUT2D eigenvalue weighted by Gasteiger charge is 2.46. The summed E-state index contributed by atoms with van der Waals surface area (Å²) in [5, 5.41) is 25.8. The maximum Gasteiger partial charge on any atom is 0.164 e. The Labute approximate surface area is 169 Å². The van der Waals surface area contributed by atoms with E-state index in [0.29, 0.717) is 23.4 Å². The van der Waals surface area contributed by atoms with E-state index in [1.165, 1.54) is 32.0 Å². The second-order valence-electron chi connectivity index (χ2n) is 8.77. The predicted octanol–water partition coefficient (Wildman–Crippen LogP) is 0.241. The Bertz CT molecular complexity index is 862. The number of aliphatic hydroxyl groups excluding tert-OH is 2. The number of hydrogen-bond acceptors (Lipinski definition) is 8. The summed E-state index contributed by atoms with van der Waals surface area (Å²) in [6, 6.07) is 1.81. The first-order valence-corrected chi connectivity index (χ1v) is 10.6. The number of hydrogen-bond donors (Lipinski definition) is 4. The van der Waals surface area contributed by atoms with Crippen LogP contribution >= 0.6 is 0 Å². The van der Waals surface area contributed by atoms with Gasteiger partial charge in [0, 0.05) is 24.8 Å². The summed E-state index contributed by atoms with van der Waals surface area (Å²) in [4.78, 5) is 10.7. The fraction of sp³-hybridized carbons (Fsp3) is 0.700. The number of aliphatic hydroxyl groups is 2. The largest absolute Gasteiger partial charge is 0.387 e. The number of fused-ring (bicyclic) bond motifs is 1. The lowest BCUT2D eigenvalue weighted by molar-refractivity contribution is -0.0499. The molecule has 5 rings (SSSR count). The SMILES string of the molecule is Nc1ncnc2c1ccn2[C@@H]1O[C@H](CN2CCCC3(CCCCN3)C2)[C@@H](O)[C@H]1O. The second kappa shape index (κ2) is 7.48. The van der Waals surface area contributed by atoms with Gasteiger partial charge in [-0.05, 0) is 44.8 Å². The van der Waals surface area contributed by atoms with Crippen LogP contribution in [0, 0.1) is 0 Å². The van der Waals surface area contributed by atoms with E-state index in [2.05, 4.69) is 20.2 Å². The lowest BCUT2D eigenvalue weighted by atomic mass is 9.81. The zero-order valence-electron chi connectivity index (χ0n) is 16.6. The number of nitrogens with one attached hydrogen (secondary N) is 1. The minimum absolute atomic E-state index is 0.198. The molecule has 29 heavy (non-hydrogen) atoms. The van der Waals surface area contributed by atoms with Crippen molar-refractivity contribution in [2.45, 2.75) is 62.2 Å². The van der Waals surface area contributed by atoms with Gasteiger partial charge in [0.1, 0.15) is 36.1 Å². The fourth-order valence-corrected chi connectivity index (χ4v) is 5.32. The van der Waals surface area contributed by atoms with Crippen molar-refractivity contribution in [3.63, 3.8) is 0 Å². The molecule has 3 saturated heterocycles. The van der Waals surface area contributed by atoms with Crippen LogP contribution in [-0.2, 0) is 4.74 Å². The van der Waals surface area contributed by atoms with Crippen molar-refractivity contribution in [3.8, 4) is 0 Å². The summed E-state index contributed by atoms with van der Waals surface area (Å²) in [6.07, 6.45) is 6.12. The number of aromatic nitrogens is 3. The van der Waals surface area contributed by atoms with Crippen LogP contribution in [0.15, 0.2) is 18.6 Å². The van der Waals surface area contributed by atoms with Gasteiger partial charge in [-0.3, -0.25) is 4.90 Å². The average molecular weight is 402 g/mol. The molecule has 1 unspecified atom stereocenters. The van der Waals surface area contributed by atoms with E-state index >= 15 is 0 Å². The van der Waals surface area contributed by atoms with Gasteiger partial charge in [-0.1, -0.05) is 6.42 Å². The lowest BCUT2D eigenvalue weighted by Gasteiger charge is -2.46. The maximum absolute atomic E-state index is 10.7. The van der Waals surface area contributed by atoms with Gasteiger partial charge in [-0.15, -0.1) is 0 Å². The molecule has 0 saturated carbocycles. The van der Waals surface area contributed by atoms with Gasteiger partial charge in [0.2, 0.25) is 0 Å². The molecule has 5 atom stereocenters. The molecule has 0 aliphatic carbocycles. The number of likely N-dealkylation sites (tertiary alicyclic amines) is 1. The zero-order chi connectivity index (χ0) is 20.0. The van der Waals surface area contributed by atoms with Crippen molar-refractivity contribution in [1.29, 1.82) is 0 Å². The average Bonchev–Trinajstić information content (AvgIpc) is 3.26. The third-order valence-electron chi connectivity index (χ3n) is 6.83. The molecule has 5 heterocycles. The normalized spacial score (nSPS) is 36.2. The topological polar surface area (TPSA) is 122 Å². The Balaban J connectivity index is 1.31. The summed E-state index contributed by atoms with van der Waals surface area (Å²) in [5.74, 6) is 0.386. The molecule has 2 aromatic rings. The number of nitrogens with zero attached hydrogens (tertiary/aromatic N) is 4. The molecule has 3 aliphatic rings. The van der Waals surface area contributed by atoms with Gasteiger partial charge in [0.25, 0.3) is 0 Å². The molecule has 1 spiro atoms. The molecule has 5 N–H and O–H groups in total. The first kappa shape index (κ1) is 19.2. The minimum atomic E-state index is -1.03. The smallest absolute Gasteiger partial charge is 0.164 e. The number of piperidine rings is 2. The molecule has 2 aromatic heterocycles. The van der Waals surface area contributed by atoms with E-state index in [9.17, 15) is 10.2 Å². The molecule has 9 heteroatoms. The Kier molecular flexibility index (Phi) is 4.95. The van der Waals surface area contributed by atoms with Gasteiger partial charge >= 0.3 is 0 Å². The van der Waals surface area contributed by atoms with Gasteiger partial charge in [-0.2, -0.15) is 0 Å². The molecular formula is C20H30N6O3. The van der Waals surface area contributed by atoms with Gasteiger partial charge < -0.3 is 30.6 Å². The van der Waals surface area contributed by atoms with Crippen LogP contribution in [0.4, 0.5) is 5.82 Å². The summed E-state index contributed by atoms with van der Waals surface area (Å²) in [6.45, 7) is 3.65. The van der Waals surface area contributed by atoms with E-state index in [0.717, 1.165) is 26.1 Å². The quantitative estimate of drug-likeness (QED) is 0.576. The van der Waals surface area contributed by atoms with Gasteiger partial charge in [0.15, 0.2) is 6.23 Å². The van der Waals surface area contributed by atoms with Crippen molar-refractivity contribution in [3.05, 3.63) is 18.6 Å². The van der Waals surface area contributed by atoms with E-state index in [1.54, 1.807) is 10.8 Å². The molecule has 0 bridgehead atoms. The summed E-state index contributed by atoms with van der Waals surface area (Å²) in [5.41, 5.74) is 6.71. The van der Waals surface area contributed by atoms with E-state index < -0.39 is 24.5 Å². The standard InChI is InChI=1S/C20H30N6O3/c21-17-13-4-9-26(18(13)23-12-22-17)19-16(28)15(27)14(29-19)10-25-8-3-6-20(11-25)5-1-2-7-24-20/h4,9,12,14-16,19,24,27-28H,1-3,5-8,10-11H2,(H2,21,22,23)/t14-,15-,16-,19-,20?/m1/s1. The van der Waals surface area contributed by atoms with E-state index in [-0.39, 0.29) is 5.54 Å². The molecule has 158 valence electrons. The van der Waals surface area contributed by atoms with E-state index in [1.807, 2.05) is 6.07 Å². The van der Waals surface area contributed by atoms with Crippen molar-refractivity contribution in [2.24, 2.45) is 0 Å². The monoisotopic (exact) mass is 402 g/mol. The zero-order valence-corrected chi connectivity index (χ0v) is 16.6. The van der Waals surface area contributed by atoms with Crippen molar-refractivity contribution < 1.29 is 14.9 Å². The third-order valence-corrected chi connectivity index (χ3v) is 6.83. The van der Waals surface area contributed by atoms with Crippen LogP contribution in [0.25, 0.3) is 11.0 Å². The van der Waals surface area contributed by atoms with Gasteiger partial charge in [0.05, 0.1) is 5.39 Å². The highest BCUT2D eigenvalue weighted by Crippen LogP contribution is 2.35. The lowest BCUT2D eigenvalue weighted by Crippen LogP contribution is -2.60. The molecule has 0 radical (unpaired) electrons. The van der Waals surface area contributed by atoms with Crippen LogP contribution in [0.2, 0.25) is 0 Å². The number of rotatable bonds is 3. The Morgan fingerprint density at radius 3 is 2.90 bits per heavy atom. The molecule has 0 aromatic carbocycles. The minimum Gasteiger partial charge on any atom is -0.387 e. The number of nitrogens with two attached hydrogens (primary N) is 1. The molecule has 0 amide bonds. The first-order chi connectivity index (χ1) is 14.1. The van der Waals surface area contributed by atoms with Crippen LogP contribution in [0.1, 0.15) is 38.3 Å². The maximum atomic E-state index is 10.7. The molecular weight excluding hydrogens is 372 g/mol. The third kappa shape index (κ3) is 3.40. The van der Waals surface area contributed by atoms with E-state index in [4.69, 9.17) is 10.5 Å². The van der Waals surface area contributed by atoms with Crippen LogP contribution < -0.4 is 11.1 Å². The Morgan fingerprint density at radius 1 is 1.21 bits per heavy atom. The molecule has 3 fully saturated rings. The molecule has 3 aliphatic heterocycles. The number of anilines is 1. The highest BCUT2D eigenvalue weighted by atomic mass is 16.6. The second-order valence-corrected chi connectivity index (χ2v) is 8.77. The van der Waals surface area contributed by atoms with Crippen LogP contribution in [-0.4, -0.2) is 79.7 Å². The van der Waals surface area contributed by atoms with Crippen molar-refractivity contribution in [1.82, 2.24) is 24.8 Å². The van der Waals surface area contributed by atoms with Crippen molar-refractivity contribution in [2.75, 3.05) is 31.9 Å². The molecule has 9 nitrogen and oxygen atoms in total. The Morgan fingerprint density at radius 2 is 2.07 bits per heavy atom. The number of ether oxygens (including phenoxy) is 1. The summed E-state index contributed by atoms with van der Waals surface area (Å²) >= 11 is 0. The highest BCUT2D eigenvalue weighted by molar-refractivity contribution is 5.86. The van der Waals surface area contributed by atoms with Crippen molar-refractivity contribution >= 4 is 16.9 Å². The first-order valence-electron chi connectivity index (χ1n) is 10.6. The predicted molar refractivity (Wildman–Crippen MR) is 108 cm³/mol. The van der Waals surface area contributed by atoms with Gasteiger partial charge in [-0.25, -0.2) is 9.97 Å². The fourth-order valence-electron chi connectivity index (χ4n) is 5.32. The Hall–Kier alpha value is -1.78. The summed E-state index contributed by atoms with van der Waals surface area (Å²) in [7, 11) is 0. The van der Waals surface area contributed by atoms with Crippen LogP contribution in [0.5, 0.6) is 0 Å². The number of nitrogen functional groups attached to an aromatic ring is 1. The van der Waals surface area contributed by atoms with Crippen LogP contribution in [0.3, 0.4) is 0 Å². The summed E-state index contributed by atoms with van der Waals surface area (Å²) < 4.78 is 7.89.